The number of amides is 1. The lowest BCUT2D eigenvalue weighted by atomic mass is 10.0. The van der Waals surface area contributed by atoms with Crippen LogP contribution >= 0.6 is 0 Å². The molecule has 0 aliphatic rings. The van der Waals surface area contributed by atoms with Gasteiger partial charge in [0.05, 0.1) is 24.1 Å². The van der Waals surface area contributed by atoms with Gasteiger partial charge < -0.3 is 20.0 Å². The van der Waals surface area contributed by atoms with Crippen molar-refractivity contribution in [1.82, 2.24) is 19.9 Å². The maximum atomic E-state index is 13.1. The van der Waals surface area contributed by atoms with Crippen LogP contribution in [0.25, 0.3) is 11.1 Å². The van der Waals surface area contributed by atoms with Gasteiger partial charge in [0.15, 0.2) is 0 Å². The molecule has 2 heterocycles. The van der Waals surface area contributed by atoms with Crippen molar-refractivity contribution in [2.75, 3.05) is 0 Å². The lowest BCUT2D eigenvalue weighted by Gasteiger charge is -2.23. The Labute approximate surface area is 180 Å². The van der Waals surface area contributed by atoms with Crippen LogP contribution in [0.15, 0.2) is 55.1 Å². The molecule has 2 atom stereocenters. The zero-order chi connectivity index (χ0) is 22.4. The number of aromatic amines is 1. The van der Waals surface area contributed by atoms with Crippen molar-refractivity contribution in [2.24, 2.45) is 5.92 Å². The standard InChI is InChI=1S/C23H25N5O3/c1-15(2)11-19(22-25-8-9-26-22)27-23(31)20(12-21(29)30)28-10-7-18(14-28)17-5-3-16(13-24)4-6-17/h3-10,14-15,19-20H,11-12H2,1-2H3,(H,25,26)(H,27,31)(H,29,30)/t19-,20+/m0/s1. The molecule has 0 bridgehead atoms. The molecule has 2 aromatic heterocycles. The molecule has 0 fully saturated rings. The molecule has 8 heteroatoms. The van der Waals surface area contributed by atoms with E-state index in [1.165, 1.54) is 0 Å². The van der Waals surface area contributed by atoms with Crippen LogP contribution in [0.1, 0.15) is 50.2 Å². The molecule has 1 amide bonds. The summed E-state index contributed by atoms with van der Waals surface area (Å²) in [5.74, 6) is -0.497. The summed E-state index contributed by atoms with van der Waals surface area (Å²) in [4.78, 5) is 31.9. The van der Waals surface area contributed by atoms with Gasteiger partial charge in [-0.3, -0.25) is 9.59 Å². The zero-order valence-electron chi connectivity index (χ0n) is 17.4. The van der Waals surface area contributed by atoms with Crippen molar-refractivity contribution in [2.45, 2.75) is 38.8 Å². The van der Waals surface area contributed by atoms with Crippen molar-refractivity contribution < 1.29 is 14.7 Å². The molecular formula is C23H25N5O3. The minimum absolute atomic E-state index is 0.308. The minimum atomic E-state index is -1.06. The molecule has 0 aliphatic heterocycles. The smallest absolute Gasteiger partial charge is 0.306 e. The zero-order valence-corrected chi connectivity index (χ0v) is 17.4. The highest BCUT2D eigenvalue weighted by Gasteiger charge is 2.27. The van der Waals surface area contributed by atoms with Crippen LogP contribution in [-0.2, 0) is 9.59 Å². The fourth-order valence-corrected chi connectivity index (χ4v) is 3.46. The Bertz CT molecular complexity index is 1060. The Balaban J connectivity index is 1.84. The second-order valence-electron chi connectivity index (χ2n) is 7.82. The third-order valence-electron chi connectivity index (χ3n) is 4.97. The summed E-state index contributed by atoms with van der Waals surface area (Å²) in [7, 11) is 0. The second kappa shape index (κ2) is 9.76. The van der Waals surface area contributed by atoms with Crippen LogP contribution in [0.2, 0.25) is 0 Å². The molecule has 3 aromatic rings. The van der Waals surface area contributed by atoms with Crippen LogP contribution < -0.4 is 5.32 Å². The second-order valence-corrected chi connectivity index (χ2v) is 7.82. The first-order chi connectivity index (χ1) is 14.9. The molecule has 160 valence electrons. The molecular weight excluding hydrogens is 394 g/mol. The predicted molar refractivity (Wildman–Crippen MR) is 115 cm³/mol. The van der Waals surface area contributed by atoms with Crippen LogP contribution in [0.5, 0.6) is 0 Å². The number of hydrogen-bond donors (Lipinski definition) is 3. The number of nitriles is 1. The predicted octanol–water partition coefficient (Wildman–Crippen LogP) is 3.67. The van der Waals surface area contributed by atoms with Gasteiger partial charge >= 0.3 is 5.97 Å². The molecule has 0 unspecified atom stereocenters. The van der Waals surface area contributed by atoms with Crippen molar-refractivity contribution in [1.29, 1.82) is 5.26 Å². The summed E-state index contributed by atoms with van der Waals surface area (Å²) in [6.45, 7) is 4.10. The first-order valence-electron chi connectivity index (χ1n) is 10.1. The van der Waals surface area contributed by atoms with Gasteiger partial charge in [-0.1, -0.05) is 26.0 Å². The maximum absolute atomic E-state index is 13.1. The van der Waals surface area contributed by atoms with Crippen molar-refractivity contribution in [3.63, 3.8) is 0 Å². The molecule has 0 spiro atoms. The average Bonchev–Trinajstić information content (AvgIpc) is 3.43. The van der Waals surface area contributed by atoms with Crippen LogP contribution in [0.3, 0.4) is 0 Å². The van der Waals surface area contributed by atoms with E-state index in [0.29, 0.717) is 23.7 Å². The van der Waals surface area contributed by atoms with Gasteiger partial charge in [-0.05, 0) is 41.7 Å². The van der Waals surface area contributed by atoms with Crippen molar-refractivity contribution in [3.8, 4) is 17.2 Å². The number of aromatic nitrogens is 3. The molecule has 31 heavy (non-hydrogen) atoms. The highest BCUT2D eigenvalue weighted by molar-refractivity contribution is 5.85. The quantitative estimate of drug-likeness (QED) is 0.488. The molecule has 0 saturated heterocycles. The number of carbonyl (C=O) groups excluding carboxylic acids is 1. The number of benzene rings is 1. The lowest BCUT2D eigenvalue weighted by Crippen LogP contribution is -2.37. The van der Waals surface area contributed by atoms with Crippen molar-refractivity contribution >= 4 is 11.9 Å². The summed E-state index contributed by atoms with van der Waals surface area (Å²) < 4.78 is 1.62. The molecule has 0 aliphatic carbocycles. The summed E-state index contributed by atoms with van der Waals surface area (Å²) in [5.41, 5.74) is 2.26. The monoisotopic (exact) mass is 419 g/mol. The highest BCUT2D eigenvalue weighted by Crippen LogP contribution is 2.25. The number of rotatable bonds is 9. The van der Waals surface area contributed by atoms with E-state index in [4.69, 9.17) is 5.26 Å². The largest absolute Gasteiger partial charge is 0.481 e. The Morgan fingerprint density at radius 3 is 2.55 bits per heavy atom. The van der Waals surface area contributed by atoms with Gasteiger partial charge in [0.2, 0.25) is 5.91 Å². The number of H-pyrrole nitrogens is 1. The Morgan fingerprint density at radius 1 is 1.23 bits per heavy atom. The fourth-order valence-electron chi connectivity index (χ4n) is 3.46. The number of nitrogens with one attached hydrogen (secondary N) is 2. The van der Waals surface area contributed by atoms with E-state index in [9.17, 15) is 14.7 Å². The number of carboxylic acid groups (broad SMARTS) is 1. The van der Waals surface area contributed by atoms with Gasteiger partial charge in [0.25, 0.3) is 0 Å². The van der Waals surface area contributed by atoms with Gasteiger partial charge in [-0.15, -0.1) is 0 Å². The molecule has 0 saturated carbocycles. The summed E-state index contributed by atoms with van der Waals surface area (Å²) in [6.07, 6.45) is 7.09. The van der Waals surface area contributed by atoms with Crippen LogP contribution in [0, 0.1) is 17.2 Å². The van der Waals surface area contributed by atoms with E-state index in [0.717, 1.165) is 11.1 Å². The summed E-state index contributed by atoms with van der Waals surface area (Å²) in [5, 5.41) is 21.3. The molecule has 8 nitrogen and oxygen atoms in total. The minimum Gasteiger partial charge on any atom is -0.481 e. The SMILES string of the molecule is CC(C)C[C@H](NC(=O)[C@@H](CC(=O)O)n1ccc(-c2ccc(C#N)cc2)c1)c1ncc[nH]1. The number of imidazole rings is 1. The Hall–Kier alpha value is -3.86. The molecule has 3 N–H and O–H groups in total. The van der Waals surface area contributed by atoms with E-state index in [1.54, 1.807) is 41.5 Å². The van der Waals surface area contributed by atoms with Gasteiger partial charge in [0.1, 0.15) is 11.9 Å². The third kappa shape index (κ3) is 5.60. The number of aliphatic carboxylic acids is 1. The Morgan fingerprint density at radius 2 is 1.97 bits per heavy atom. The number of nitrogens with zero attached hydrogens (tertiary/aromatic N) is 3. The van der Waals surface area contributed by atoms with E-state index < -0.39 is 12.0 Å². The van der Waals surface area contributed by atoms with E-state index in [2.05, 4.69) is 21.4 Å². The number of carboxylic acids is 1. The molecule has 0 radical (unpaired) electrons. The van der Waals surface area contributed by atoms with Crippen LogP contribution in [-0.4, -0.2) is 31.5 Å². The summed E-state index contributed by atoms with van der Waals surface area (Å²) >= 11 is 0. The highest BCUT2D eigenvalue weighted by atomic mass is 16.4. The number of carbonyl (C=O) groups is 2. The number of hydrogen-bond acceptors (Lipinski definition) is 4. The van der Waals surface area contributed by atoms with E-state index in [1.807, 2.05) is 32.0 Å². The van der Waals surface area contributed by atoms with E-state index in [-0.39, 0.29) is 18.4 Å². The average molecular weight is 419 g/mol. The summed E-state index contributed by atoms with van der Waals surface area (Å²) in [6, 6.07) is 9.72. The maximum Gasteiger partial charge on any atom is 0.306 e. The lowest BCUT2D eigenvalue weighted by molar-refractivity contribution is -0.140. The van der Waals surface area contributed by atoms with Gasteiger partial charge in [-0.25, -0.2) is 4.98 Å². The molecule has 1 aromatic carbocycles. The first kappa shape index (κ1) is 21.8. The molecule has 3 rings (SSSR count). The van der Waals surface area contributed by atoms with E-state index >= 15 is 0 Å². The third-order valence-corrected chi connectivity index (χ3v) is 4.97. The first-order valence-corrected chi connectivity index (χ1v) is 10.1. The van der Waals surface area contributed by atoms with Gasteiger partial charge in [-0.2, -0.15) is 5.26 Å². The fraction of sp³-hybridized carbons (Fsp3) is 0.304. The van der Waals surface area contributed by atoms with Crippen molar-refractivity contribution in [3.05, 3.63) is 66.5 Å². The normalized spacial score (nSPS) is 12.8. The topological polar surface area (TPSA) is 124 Å². The van der Waals surface area contributed by atoms with Gasteiger partial charge in [0, 0.05) is 24.8 Å². The van der Waals surface area contributed by atoms with Crippen LogP contribution in [0.4, 0.5) is 0 Å². The Kier molecular flexibility index (Phi) is 6.88.